The standard InChI is InChI=1S/C9H15F2NO2/c1-12(9(13)8(10)11)5-7-3-2-4-14-6-7/h7-8H,2-6H2,1H3. The van der Waals surface area contributed by atoms with Crippen LogP contribution in [-0.2, 0) is 9.53 Å². The second-order valence-corrected chi connectivity index (χ2v) is 3.60. The highest BCUT2D eigenvalue weighted by atomic mass is 19.3. The molecule has 1 atom stereocenters. The molecule has 1 amide bonds. The lowest BCUT2D eigenvalue weighted by Gasteiger charge is -2.26. The normalized spacial score (nSPS) is 22.4. The molecule has 1 aliphatic heterocycles. The smallest absolute Gasteiger partial charge is 0.315 e. The Morgan fingerprint density at radius 2 is 2.36 bits per heavy atom. The Kier molecular flexibility index (Phi) is 4.25. The van der Waals surface area contributed by atoms with Gasteiger partial charge in [0.05, 0.1) is 6.61 Å². The van der Waals surface area contributed by atoms with E-state index >= 15 is 0 Å². The van der Waals surface area contributed by atoms with Crippen molar-refractivity contribution in [3.63, 3.8) is 0 Å². The number of rotatable bonds is 3. The minimum absolute atomic E-state index is 0.205. The molecule has 82 valence electrons. The van der Waals surface area contributed by atoms with Crippen LogP contribution in [0.25, 0.3) is 0 Å². The summed E-state index contributed by atoms with van der Waals surface area (Å²) in [5.74, 6) is -0.896. The number of carbonyl (C=O) groups excluding carboxylic acids is 1. The summed E-state index contributed by atoms with van der Waals surface area (Å²) >= 11 is 0. The molecule has 0 saturated carbocycles. The summed E-state index contributed by atoms with van der Waals surface area (Å²) in [5, 5.41) is 0. The molecule has 3 nitrogen and oxygen atoms in total. The van der Waals surface area contributed by atoms with Crippen LogP contribution in [0.1, 0.15) is 12.8 Å². The number of amides is 1. The van der Waals surface area contributed by atoms with Gasteiger partial charge in [-0.05, 0) is 18.8 Å². The van der Waals surface area contributed by atoms with Gasteiger partial charge in [0, 0.05) is 20.2 Å². The van der Waals surface area contributed by atoms with Crippen LogP contribution in [-0.4, -0.2) is 44.0 Å². The second-order valence-electron chi connectivity index (χ2n) is 3.60. The van der Waals surface area contributed by atoms with Crippen molar-refractivity contribution in [1.29, 1.82) is 0 Å². The summed E-state index contributed by atoms with van der Waals surface area (Å²) in [5.41, 5.74) is 0. The van der Waals surface area contributed by atoms with Gasteiger partial charge < -0.3 is 9.64 Å². The molecular formula is C9H15F2NO2. The lowest BCUT2D eigenvalue weighted by atomic mass is 10.0. The number of ether oxygens (including phenoxy) is 1. The highest BCUT2D eigenvalue weighted by Crippen LogP contribution is 2.15. The molecule has 0 aromatic carbocycles. The minimum Gasteiger partial charge on any atom is -0.381 e. The summed E-state index contributed by atoms with van der Waals surface area (Å²) in [6, 6.07) is 0. The van der Waals surface area contributed by atoms with Crippen LogP contribution in [0.2, 0.25) is 0 Å². The van der Waals surface area contributed by atoms with E-state index in [1.807, 2.05) is 0 Å². The van der Waals surface area contributed by atoms with Crippen molar-refractivity contribution >= 4 is 5.91 Å². The maximum Gasteiger partial charge on any atom is 0.315 e. The van der Waals surface area contributed by atoms with E-state index in [-0.39, 0.29) is 5.92 Å². The zero-order valence-corrected chi connectivity index (χ0v) is 8.21. The van der Waals surface area contributed by atoms with Crippen LogP contribution in [0.4, 0.5) is 8.78 Å². The molecule has 0 spiro atoms. The lowest BCUT2D eigenvalue weighted by molar-refractivity contribution is -0.142. The molecule has 1 aliphatic rings. The van der Waals surface area contributed by atoms with Crippen LogP contribution >= 0.6 is 0 Å². The van der Waals surface area contributed by atoms with Crippen molar-refractivity contribution in [2.45, 2.75) is 19.3 Å². The number of halogens is 2. The van der Waals surface area contributed by atoms with E-state index in [9.17, 15) is 13.6 Å². The van der Waals surface area contributed by atoms with E-state index in [4.69, 9.17) is 4.74 Å². The van der Waals surface area contributed by atoms with Gasteiger partial charge in [-0.3, -0.25) is 4.79 Å². The third-order valence-electron chi connectivity index (χ3n) is 2.35. The van der Waals surface area contributed by atoms with Crippen molar-refractivity contribution in [2.75, 3.05) is 26.8 Å². The first kappa shape index (κ1) is 11.4. The number of alkyl halides is 2. The Morgan fingerprint density at radius 3 is 2.86 bits per heavy atom. The summed E-state index contributed by atoms with van der Waals surface area (Å²) < 4.78 is 29.2. The predicted molar refractivity (Wildman–Crippen MR) is 47.2 cm³/mol. The van der Waals surface area contributed by atoms with Crippen molar-refractivity contribution in [3.05, 3.63) is 0 Å². The van der Waals surface area contributed by atoms with E-state index in [2.05, 4.69) is 0 Å². The van der Waals surface area contributed by atoms with Gasteiger partial charge in [-0.2, -0.15) is 8.78 Å². The van der Waals surface area contributed by atoms with E-state index in [0.717, 1.165) is 24.3 Å². The lowest BCUT2D eigenvalue weighted by Crippen LogP contribution is -2.38. The van der Waals surface area contributed by atoms with Gasteiger partial charge in [0.2, 0.25) is 0 Å². The monoisotopic (exact) mass is 207 g/mol. The summed E-state index contributed by atoms with van der Waals surface area (Å²) in [6.07, 6.45) is -1.01. The molecule has 0 bridgehead atoms. The summed E-state index contributed by atoms with van der Waals surface area (Å²) in [6.45, 7) is 1.67. The number of carbonyl (C=O) groups is 1. The van der Waals surface area contributed by atoms with E-state index < -0.39 is 12.3 Å². The summed E-state index contributed by atoms with van der Waals surface area (Å²) in [7, 11) is 1.41. The maximum absolute atomic E-state index is 12.0. The van der Waals surface area contributed by atoms with E-state index in [0.29, 0.717) is 13.2 Å². The molecule has 1 unspecified atom stereocenters. The average Bonchev–Trinajstić information content (AvgIpc) is 2.18. The molecule has 14 heavy (non-hydrogen) atoms. The topological polar surface area (TPSA) is 29.5 Å². The fraction of sp³-hybridized carbons (Fsp3) is 0.889. The van der Waals surface area contributed by atoms with Crippen molar-refractivity contribution in [2.24, 2.45) is 5.92 Å². The van der Waals surface area contributed by atoms with Gasteiger partial charge in [-0.15, -0.1) is 0 Å². The minimum atomic E-state index is -2.90. The zero-order chi connectivity index (χ0) is 10.6. The molecule has 0 radical (unpaired) electrons. The number of hydrogen-bond donors (Lipinski definition) is 0. The van der Waals surface area contributed by atoms with Gasteiger partial charge in [0.25, 0.3) is 5.91 Å². The van der Waals surface area contributed by atoms with Crippen LogP contribution in [0.5, 0.6) is 0 Å². The van der Waals surface area contributed by atoms with Crippen LogP contribution < -0.4 is 0 Å². The van der Waals surface area contributed by atoms with Gasteiger partial charge in [0.15, 0.2) is 0 Å². The Morgan fingerprint density at radius 1 is 1.64 bits per heavy atom. The Bertz CT molecular complexity index is 193. The van der Waals surface area contributed by atoms with E-state index in [1.165, 1.54) is 7.05 Å². The quantitative estimate of drug-likeness (QED) is 0.694. The highest BCUT2D eigenvalue weighted by Gasteiger charge is 2.23. The molecule has 0 aromatic heterocycles. The highest BCUT2D eigenvalue weighted by molar-refractivity contribution is 5.78. The molecule has 1 heterocycles. The molecule has 5 heteroatoms. The van der Waals surface area contributed by atoms with Gasteiger partial charge in [-0.1, -0.05) is 0 Å². The number of nitrogens with zero attached hydrogens (tertiary/aromatic N) is 1. The predicted octanol–water partition coefficient (Wildman–Crippen LogP) is 1.14. The SMILES string of the molecule is CN(CC1CCCOC1)C(=O)C(F)F. The largest absolute Gasteiger partial charge is 0.381 e. The molecule has 0 aliphatic carbocycles. The third-order valence-corrected chi connectivity index (χ3v) is 2.35. The third kappa shape index (κ3) is 3.21. The van der Waals surface area contributed by atoms with Crippen LogP contribution in [0.15, 0.2) is 0 Å². The fourth-order valence-corrected chi connectivity index (χ4v) is 1.60. The first-order valence-electron chi connectivity index (χ1n) is 4.72. The van der Waals surface area contributed by atoms with Gasteiger partial charge in [-0.25, -0.2) is 0 Å². The maximum atomic E-state index is 12.0. The molecule has 1 saturated heterocycles. The average molecular weight is 207 g/mol. The van der Waals surface area contributed by atoms with Gasteiger partial charge in [0.1, 0.15) is 0 Å². The Labute approximate surface area is 82.0 Å². The van der Waals surface area contributed by atoms with Crippen molar-refractivity contribution in [3.8, 4) is 0 Å². The fourth-order valence-electron chi connectivity index (χ4n) is 1.60. The number of hydrogen-bond acceptors (Lipinski definition) is 2. The zero-order valence-electron chi connectivity index (χ0n) is 8.21. The molecule has 1 rings (SSSR count). The second kappa shape index (κ2) is 5.24. The first-order valence-corrected chi connectivity index (χ1v) is 4.72. The molecular weight excluding hydrogens is 192 g/mol. The van der Waals surface area contributed by atoms with Crippen molar-refractivity contribution in [1.82, 2.24) is 4.90 Å². The Hall–Kier alpha value is -0.710. The molecule has 0 aromatic rings. The van der Waals surface area contributed by atoms with Crippen LogP contribution in [0.3, 0.4) is 0 Å². The van der Waals surface area contributed by atoms with E-state index in [1.54, 1.807) is 0 Å². The Balaban J connectivity index is 2.31. The summed E-state index contributed by atoms with van der Waals surface area (Å²) in [4.78, 5) is 11.9. The van der Waals surface area contributed by atoms with Crippen molar-refractivity contribution < 1.29 is 18.3 Å². The molecule has 0 N–H and O–H groups in total. The first-order chi connectivity index (χ1) is 6.61. The molecule has 1 fully saturated rings. The van der Waals surface area contributed by atoms with Crippen LogP contribution in [0, 0.1) is 5.92 Å². The van der Waals surface area contributed by atoms with Gasteiger partial charge >= 0.3 is 6.43 Å².